The first-order valence-corrected chi connectivity index (χ1v) is 20.2. The van der Waals surface area contributed by atoms with Crippen LogP contribution in [0.3, 0.4) is 0 Å². The van der Waals surface area contributed by atoms with Gasteiger partial charge in [0.05, 0.1) is 33.5 Å². The number of rotatable bonds is 4. The molecule has 0 fully saturated rings. The van der Waals surface area contributed by atoms with Gasteiger partial charge in [0.25, 0.3) is 0 Å². The van der Waals surface area contributed by atoms with Gasteiger partial charge in [-0.2, -0.15) is 0 Å². The predicted molar refractivity (Wildman–Crippen MR) is 244 cm³/mol. The van der Waals surface area contributed by atoms with Crippen molar-refractivity contribution < 1.29 is 8.83 Å². The van der Waals surface area contributed by atoms with E-state index in [1.54, 1.807) is 0 Å². The normalized spacial score (nSPS) is 13.8. The van der Waals surface area contributed by atoms with E-state index in [2.05, 4.69) is 204 Å². The molecule has 0 amide bonds. The Kier molecular flexibility index (Phi) is 6.62. The van der Waals surface area contributed by atoms with Gasteiger partial charge in [-0.05, 0) is 80.8 Å². The van der Waals surface area contributed by atoms with Gasteiger partial charge in [-0.15, -0.1) is 0 Å². The molecule has 3 heterocycles. The predicted octanol–water partition coefficient (Wildman–Crippen LogP) is 15.1. The van der Waals surface area contributed by atoms with E-state index in [0.29, 0.717) is 0 Å². The van der Waals surface area contributed by atoms with E-state index in [1.807, 2.05) is 12.1 Å². The zero-order valence-electron chi connectivity index (χ0n) is 31.8. The Morgan fingerprint density at radius 3 is 1.03 bits per heavy atom. The standard InChI is InChI=1S/C55H34N2O2/c1-3-17-35(18-4-1)55(36-19-5-2-6-20-36)56(45-27-15-31-51-53(45)41-25-11-13-29-49(41)58-51)47-33-43-39-23-9-7-21-37(39)38-22-8-10-24-40(38)44(43)34-48(47)57(55)46-28-16-32-52-54(46)42-26-12-14-30-50(42)59-52/h1-34H. The quantitative estimate of drug-likeness (QED) is 0.168. The van der Waals surface area contributed by atoms with E-state index < -0.39 is 5.66 Å². The van der Waals surface area contributed by atoms with Gasteiger partial charge in [0.1, 0.15) is 22.3 Å². The largest absolute Gasteiger partial charge is 0.456 e. The Bertz CT molecular complexity index is 3400. The highest BCUT2D eigenvalue weighted by molar-refractivity contribution is 6.28. The average Bonchev–Trinajstić information content (AvgIpc) is 3.98. The number of benzene rings is 10. The van der Waals surface area contributed by atoms with Crippen LogP contribution in [0.5, 0.6) is 0 Å². The van der Waals surface area contributed by atoms with Crippen molar-refractivity contribution in [1.82, 2.24) is 0 Å². The highest BCUT2D eigenvalue weighted by Gasteiger charge is 2.55. The molecule has 0 bridgehead atoms. The van der Waals surface area contributed by atoms with E-state index in [4.69, 9.17) is 8.83 Å². The molecule has 2 aromatic heterocycles. The first kappa shape index (κ1) is 32.3. The maximum absolute atomic E-state index is 6.65. The highest BCUT2D eigenvalue weighted by atomic mass is 16.3. The van der Waals surface area contributed by atoms with Crippen molar-refractivity contribution in [1.29, 1.82) is 0 Å². The van der Waals surface area contributed by atoms with Crippen molar-refractivity contribution in [3.05, 3.63) is 217 Å². The smallest absolute Gasteiger partial charge is 0.175 e. The van der Waals surface area contributed by atoms with E-state index >= 15 is 0 Å². The molecule has 0 saturated heterocycles. The van der Waals surface area contributed by atoms with Gasteiger partial charge in [-0.1, -0.05) is 158 Å². The van der Waals surface area contributed by atoms with Crippen LogP contribution in [0.1, 0.15) is 11.1 Å². The van der Waals surface area contributed by atoms with Crippen LogP contribution in [0.4, 0.5) is 22.7 Å². The molecule has 13 rings (SSSR count). The minimum atomic E-state index is -0.951. The lowest BCUT2D eigenvalue weighted by molar-refractivity contribution is 0.561. The molecule has 4 nitrogen and oxygen atoms in total. The second kappa shape index (κ2) is 12.1. The minimum absolute atomic E-state index is 0.846. The molecule has 4 heteroatoms. The third-order valence-electron chi connectivity index (χ3n) is 12.6. The summed E-state index contributed by atoms with van der Waals surface area (Å²) in [4.78, 5) is 5.20. The van der Waals surface area contributed by atoms with Crippen LogP contribution in [0.2, 0.25) is 0 Å². The van der Waals surface area contributed by atoms with Crippen LogP contribution in [-0.2, 0) is 5.66 Å². The number of furan rings is 2. The molecule has 10 aromatic carbocycles. The summed E-state index contributed by atoms with van der Waals surface area (Å²) in [5, 5.41) is 11.6. The molecular formula is C55H34N2O2. The Morgan fingerprint density at radius 1 is 0.271 bits per heavy atom. The summed E-state index contributed by atoms with van der Waals surface area (Å²) in [7, 11) is 0. The van der Waals surface area contributed by atoms with Gasteiger partial charge in [-0.25, -0.2) is 0 Å². The molecule has 1 aliphatic rings. The van der Waals surface area contributed by atoms with E-state index in [1.165, 1.54) is 32.3 Å². The molecule has 0 N–H and O–H groups in total. The van der Waals surface area contributed by atoms with Gasteiger partial charge in [0, 0.05) is 21.9 Å². The van der Waals surface area contributed by atoms with Crippen molar-refractivity contribution in [2.75, 3.05) is 9.80 Å². The lowest BCUT2D eigenvalue weighted by Gasteiger charge is -2.47. The SMILES string of the molecule is c1ccc(C2(c3ccccc3)N(c3cccc4oc5ccccc5c34)c3cc4c5ccccc5c5ccccc5c4cc3N2c2cccc3oc4ccccc4c23)cc1. The number of anilines is 4. The molecule has 0 unspecified atom stereocenters. The number of fused-ring (bicyclic) bond motifs is 13. The van der Waals surface area contributed by atoms with Gasteiger partial charge in [-0.3, -0.25) is 0 Å². The third-order valence-corrected chi connectivity index (χ3v) is 12.6. The summed E-state index contributed by atoms with van der Waals surface area (Å²) in [6.07, 6.45) is 0. The fourth-order valence-electron chi connectivity index (χ4n) is 10.3. The fraction of sp³-hybridized carbons (Fsp3) is 0.0182. The summed E-state index contributed by atoms with van der Waals surface area (Å²) >= 11 is 0. The lowest BCUT2D eigenvalue weighted by atomic mass is 9.87. The number of para-hydroxylation sites is 2. The topological polar surface area (TPSA) is 32.8 Å². The van der Waals surface area contributed by atoms with Crippen molar-refractivity contribution in [3.63, 3.8) is 0 Å². The van der Waals surface area contributed by atoms with Crippen molar-refractivity contribution in [2.24, 2.45) is 0 Å². The summed E-state index contributed by atoms with van der Waals surface area (Å²) in [6, 6.07) is 74.4. The Labute approximate surface area is 339 Å². The fourth-order valence-corrected chi connectivity index (χ4v) is 10.3. The molecule has 59 heavy (non-hydrogen) atoms. The van der Waals surface area contributed by atoms with E-state index in [-0.39, 0.29) is 0 Å². The molecule has 0 atom stereocenters. The molecule has 276 valence electrons. The Morgan fingerprint density at radius 2 is 0.610 bits per heavy atom. The molecule has 1 aliphatic heterocycles. The Balaban J connectivity index is 1.29. The van der Waals surface area contributed by atoms with Crippen LogP contribution in [0.25, 0.3) is 76.2 Å². The molecule has 0 radical (unpaired) electrons. The Hall–Kier alpha value is -7.82. The lowest BCUT2D eigenvalue weighted by Crippen LogP contribution is -2.51. The van der Waals surface area contributed by atoms with Crippen molar-refractivity contribution in [2.45, 2.75) is 5.66 Å². The first-order valence-electron chi connectivity index (χ1n) is 20.2. The van der Waals surface area contributed by atoms with Crippen molar-refractivity contribution in [3.8, 4) is 0 Å². The summed E-state index contributed by atoms with van der Waals surface area (Å²) < 4.78 is 13.3. The van der Waals surface area contributed by atoms with Gasteiger partial charge < -0.3 is 18.6 Å². The zero-order chi connectivity index (χ0) is 38.7. The van der Waals surface area contributed by atoms with Crippen LogP contribution in [0.15, 0.2) is 215 Å². The summed E-state index contributed by atoms with van der Waals surface area (Å²) in [5.74, 6) is 0. The van der Waals surface area contributed by atoms with Crippen molar-refractivity contribution >= 4 is 98.9 Å². The second-order valence-corrected chi connectivity index (χ2v) is 15.5. The van der Waals surface area contributed by atoms with E-state index in [9.17, 15) is 0 Å². The number of hydrogen-bond donors (Lipinski definition) is 0. The third kappa shape index (κ3) is 4.32. The summed E-state index contributed by atoms with van der Waals surface area (Å²) in [5.41, 5.74) is 9.00. The van der Waals surface area contributed by atoms with Gasteiger partial charge >= 0.3 is 0 Å². The number of hydrogen-bond acceptors (Lipinski definition) is 4. The molecular weight excluding hydrogens is 721 g/mol. The zero-order valence-corrected chi connectivity index (χ0v) is 31.8. The monoisotopic (exact) mass is 754 g/mol. The molecule has 0 saturated carbocycles. The maximum Gasteiger partial charge on any atom is 0.175 e. The van der Waals surface area contributed by atoms with Crippen LogP contribution >= 0.6 is 0 Å². The average molecular weight is 755 g/mol. The van der Waals surface area contributed by atoms with E-state index in [0.717, 1.165) is 77.8 Å². The second-order valence-electron chi connectivity index (χ2n) is 15.5. The van der Waals surface area contributed by atoms with Crippen LogP contribution in [-0.4, -0.2) is 0 Å². The molecule has 0 spiro atoms. The summed E-state index contributed by atoms with van der Waals surface area (Å²) in [6.45, 7) is 0. The minimum Gasteiger partial charge on any atom is -0.456 e. The molecule has 12 aromatic rings. The first-order chi connectivity index (χ1) is 29.3. The maximum atomic E-state index is 6.65. The van der Waals surface area contributed by atoms with Gasteiger partial charge in [0.15, 0.2) is 5.66 Å². The van der Waals surface area contributed by atoms with Gasteiger partial charge in [0.2, 0.25) is 0 Å². The van der Waals surface area contributed by atoms with Crippen LogP contribution < -0.4 is 9.80 Å². The number of nitrogens with zero attached hydrogens (tertiary/aromatic N) is 2. The highest BCUT2D eigenvalue weighted by Crippen LogP contribution is 2.63. The van der Waals surface area contributed by atoms with Crippen LogP contribution in [0, 0.1) is 0 Å². The molecule has 0 aliphatic carbocycles.